The summed E-state index contributed by atoms with van der Waals surface area (Å²) in [7, 11) is 0. The molecule has 0 aromatic rings. The monoisotopic (exact) mass is 187 g/mol. The molecule has 78 valence electrons. The van der Waals surface area contributed by atoms with E-state index in [0.717, 1.165) is 32.5 Å². The summed E-state index contributed by atoms with van der Waals surface area (Å²) >= 11 is 0. The highest BCUT2D eigenvalue weighted by molar-refractivity contribution is 4.83. The summed E-state index contributed by atoms with van der Waals surface area (Å²) in [6.45, 7) is 7.90. The zero-order valence-corrected chi connectivity index (χ0v) is 8.93. The molecule has 1 rings (SSSR count). The van der Waals surface area contributed by atoms with Crippen LogP contribution in [-0.2, 0) is 9.57 Å². The minimum atomic E-state index is 0.0486. The van der Waals surface area contributed by atoms with Crippen LogP contribution in [0.5, 0.6) is 0 Å². The van der Waals surface area contributed by atoms with E-state index in [1.807, 2.05) is 6.92 Å². The normalized spacial score (nSPS) is 34.8. The molecule has 0 bridgehead atoms. The third kappa shape index (κ3) is 3.25. The Morgan fingerprint density at radius 1 is 1.54 bits per heavy atom. The molecule has 0 aromatic heterocycles. The Bertz CT molecular complexity index is 152. The second kappa shape index (κ2) is 4.94. The first-order chi connectivity index (χ1) is 6.20. The Morgan fingerprint density at radius 3 is 2.92 bits per heavy atom. The van der Waals surface area contributed by atoms with Gasteiger partial charge in [0, 0.05) is 12.6 Å². The highest BCUT2D eigenvalue weighted by Gasteiger charge is 2.31. The van der Waals surface area contributed by atoms with Gasteiger partial charge in [0.2, 0.25) is 0 Å². The van der Waals surface area contributed by atoms with Gasteiger partial charge in [-0.3, -0.25) is 0 Å². The van der Waals surface area contributed by atoms with E-state index in [9.17, 15) is 0 Å². The van der Waals surface area contributed by atoms with Gasteiger partial charge in [-0.1, -0.05) is 6.92 Å². The molecule has 1 aliphatic rings. The van der Waals surface area contributed by atoms with Crippen LogP contribution in [0.25, 0.3) is 0 Å². The fourth-order valence-electron chi connectivity index (χ4n) is 1.68. The number of hydroxylamine groups is 1. The van der Waals surface area contributed by atoms with Gasteiger partial charge in [-0.2, -0.15) is 5.48 Å². The Balaban J connectivity index is 2.33. The molecule has 2 atom stereocenters. The van der Waals surface area contributed by atoms with Crippen LogP contribution in [0.3, 0.4) is 0 Å². The van der Waals surface area contributed by atoms with Crippen LogP contribution in [0.4, 0.5) is 0 Å². The molecule has 2 unspecified atom stereocenters. The Kier molecular flexibility index (Phi) is 4.16. The van der Waals surface area contributed by atoms with Crippen molar-refractivity contribution in [2.45, 2.75) is 51.7 Å². The summed E-state index contributed by atoms with van der Waals surface area (Å²) in [6, 6.07) is 0.457. The lowest BCUT2D eigenvalue weighted by atomic mass is 9.90. The fraction of sp³-hybridized carbons (Fsp3) is 1.00. The number of ether oxygens (including phenoxy) is 1. The third-order valence-corrected chi connectivity index (χ3v) is 2.74. The Morgan fingerprint density at radius 2 is 2.31 bits per heavy atom. The van der Waals surface area contributed by atoms with Gasteiger partial charge in [-0.05, 0) is 33.1 Å². The first-order valence-corrected chi connectivity index (χ1v) is 5.21. The first kappa shape index (κ1) is 11.0. The van der Waals surface area contributed by atoms with E-state index < -0.39 is 0 Å². The van der Waals surface area contributed by atoms with Gasteiger partial charge in [-0.25, -0.2) is 0 Å². The predicted octanol–water partition coefficient (Wildman–Crippen LogP) is 1.88. The molecule has 0 amide bonds. The quantitative estimate of drug-likeness (QED) is 0.682. The first-order valence-electron chi connectivity index (χ1n) is 5.21. The Labute approximate surface area is 80.7 Å². The van der Waals surface area contributed by atoms with E-state index in [0.29, 0.717) is 6.04 Å². The maximum atomic E-state index is 5.73. The highest BCUT2D eigenvalue weighted by atomic mass is 16.6. The van der Waals surface area contributed by atoms with E-state index in [-0.39, 0.29) is 5.60 Å². The van der Waals surface area contributed by atoms with Crippen molar-refractivity contribution in [1.82, 2.24) is 5.48 Å². The SMILES string of the molecule is CCONC1CCOC(C)(CC)C1. The molecule has 1 N–H and O–H groups in total. The smallest absolute Gasteiger partial charge is 0.0667 e. The van der Waals surface area contributed by atoms with Crippen molar-refractivity contribution < 1.29 is 9.57 Å². The number of rotatable bonds is 4. The third-order valence-electron chi connectivity index (χ3n) is 2.74. The van der Waals surface area contributed by atoms with E-state index in [1.54, 1.807) is 0 Å². The molecule has 1 saturated heterocycles. The van der Waals surface area contributed by atoms with Crippen molar-refractivity contribution in [3.05, 3.63) is 0 Å². The summed E-state index contributed by atoms with van der Waals surface area (Å²) in [4.78, 5) is 5.21. The van der Waals surface area contributed by atoms with Gasteiger partial charge in [0.1, 0.15) is 0 Å². The largest absolute Gasteiger partial charge is 0.375 e. The standard InChI is InChI=1S/C10H21NO2/c1-4-10(3)8-9(6-7-12-10)11-13-5-2/h9,11H,4-8H2,1-3H3. The van der Waals surface area contributed by atoms with Gasteiger partial charge >= 0.3 is 0 Å². The van der Waals surface area contributed by atoms with Crippen molar-refractivity contribution in [2.75, 3.05) is 13.2 Å². The van der Waals surface area contributed by atoms with Crippen molar-refractivity contribution in [3.63, 3.8) is 0 Å². The fourth-order valence-corrected chi connectivity index (χ4v) is 1.68. The minimum absolute atomic E-state index is 0.0486. The minimum Gasteiger partial charge on any atom is -0.375 e. The average Bonchev–Trinajstić information content (AvgIpc) is 2.15. The van der Waals surface area contributed by atoms with Gasteiger partial charge in [0.25, 0.3) is 0 Å². The summed E-state index contributed by atoms with van der Waals surface area (Å²) < 4.78 is 5.73. The van der Waals surface area contributed by atoms with Crippen molar-refractivity contribution in [3.8, 4) is 0 Å². The van der Waals surface area contributed by atoms with E-state index in [4.69, 9.17) is 9.57 Å². The van der Waals surface area contributed by atoms with E-state index in [2.05, 4.69) is 19.3 Å². The second-order valence-electron chi connectivity index (χ2n) is 3.89. The Hall–Kier alpha value is -0.120. The summed E-state index contributed by atoms with van der Waals surface area (Å²) in [5.74, 6) is 0. The van der Waals surface area contributed by atoms with Crippen LogP contribution in [-0.4, -0.2) is 24.9 Å². The molecule has 0 aromatic carbocycles. The average molecular weight is 187 g/mol. The van der Waals surface area contributed by atoms with Crippen molar-refractivity contribution >= 4 is 0 Å². The molecule has 1 aliphatic heterocycles. The van der Waals surface area contributed by atoms with Crippen molar-refractivity contribution in [1.29, 1.82) is 0 Å². The molecule has 0 radical (unpaired) electrons. The molecule has 1 fully saturated rings. The molecule has 3 nitrogen and oxygen atoms in total. The number of hydrogen-bond acceptors (Lipinski definition) is 3. The van der Waals surface area contributed by atoms with E-state index >= 15 is 0 Å². The zero-order valence-electron chi connectivity index (χ0n) is 8.93. The summed E-state index contributed by atoms with van der Waals surface area (Å²) in [6.07, 6.45) is 3.16. The topological polar surface area (TPSA) is 30.5 Å². The van der Waals surface area contributed by atoms with Crippen LogP contribution >= 0.6 is 0 Å². The predicted molar refractivity (Wildman–Crippen MR) is 52.4 cm³/mol. The molecule has 1 heterocycles. The lowest BCUT2D eigenvalue weighted by molar-refractivity contribution is -0.103. The van der Waals surface area contributed by atoms with Gasteiger partial charge in [0.05, 0.1) is 12.2 Å². The number of nitrogens with one attached hydrogen (secondary N) is 1. The van der Waals surface area contributed by atoms with E-state index in [1.165, 1.54) is 0 Å². The van der Waals surface area contributed by atoms with Gasteiger partial charge in [0.15, 0.2) is 0 Å². The van der Waals surface area contributed by atoms with Crippen molar-refractivity contribution in [2.24, 2.45) is 0 Å². The van der Waals surface area contributed by atoms with Crippen LogP contribution < -0.4 is 5.48 Å². The molecular weight excluding hydrogens is 166 g/mol. The summed E-state index contributed by atoms with van der Waals surface area (Å²) in [5, 5.41) is 0. The lowest BCUT2D eigenvalue weighted by Gasteiger charge is -2.37. The second-order valence-corrected chi connectivity index (χ2v) is 3.89. The molecule has 13 heavy (non-hydrogen) atoms. The van der Waals surface area contributed by atoms with Crippen LogP contribution in [0, 0.1) is 0 Å². The molecular formula is C10H21NO2. The van der Waals surface area contributed by atoms with Crippen LogP contribution in [0.1, 0.15) is 40.0 Å². The zero-order chi connectivity index (χ0) is 9.73. The van der Waals surface area contributed by atoms with Gasteiger partial charge < -0.3 is 9.57 Å². The van der Waals surface area contributed by atoms with Crippen LogP contribution in [0.15, 0.2) is 0 Å². The molecule has 0 aliphatic carbocycles. The maximum absolute atomic E-state index is 5.73. The number of hydrogen-bond donors (Lipinski definition) is 1. The van der Waals surface area contributed by atoms with Crippen LogP contribution in [0.2, 0.25) is 0 Å². The van der Waals surface area contributed by atoms with Gasteiger partial charge in [-0.15, -0.1) is 0 Å². The lowest BCUT2D eigenvalue weighted by Crippen LogP contribution is -2.45. The maximum Gasteiger partial charge on any atom is 0.0667 e. The molecule has 0 saturated carbocycles. The highest BCUT2D eigenvalue weighted by Crippen LogP contribution is 2.27. The molecule has 0 spiro atoms. The summed E-state index contributed by atoms with van der Waals surface area (Å²) in [5.41, 5.74) is 3.13. The molecule has 3 heteroatoms.